The molecule has 0 aromatic rings. The monoisotopic (exact) mass is 161 g/mol. The van der Waals surface area contributed by atoms with E-state index in [4.69, 9.17) is 15.6 Å². The minimum atomic E-state index is -0.115. The Kier molecular flexibility index (Phi) is 5.46. The van der Waals surface area contributed by atoms with Crippen LogP contribution in [0.5, 0.6) is 0 Å². The van der Waals surface area contributed by atoms with Crippen LogP contribution in [0.25, 0.3) is 0 Å². The molecular weight excluding hydrogens is 142 g/mol. The van der Waals surface area contributed by atoms with Gasteiger partial charge in [0.05, 0.1) is 0 Å². The molecule has 11 heavy (non-hydrogen) atoms. The second-order valence-electron chi connectivity index (χ2n) is 2.96. The Morgan fingerprint density at radius 2 is 2.18 bits per heavy atom. The zero-order valence-corrected chi connectivity index (χ0v) is 7.47. The van der Waals surface area contributed by atoms with E-state index in [0.29, 0.717) is 13.2 Å². The summed E-state index contributed by atoms with van der Waals surface area (Å²) in [5.74, 6) is 0. The standard InChI is InChI=1S/C8H19NO2/c1-3-8(6-9,7-10)4-5-11-2/h10H,3-7,9H2,1-2H3. The molecule has 0 fully saturated rings. The second kappa shape index (κ2) is 5.52. The maximum atomic E-state index is 9.07. The molecule has 0 spiro atoms. The maximum Gasteiger partial charge on any atom is 0.0500 e. The summed E-state index contributed by atoms with van der Waals surface area (Å²) in [4.78, 5) is 0. The van der Waals surface area contributed by atoms with Gasteiger partial charge in [-0.05, 0) is 12.8 Å². The summed E-state index contributed by atoms with van der Waals surface area (Å²) in [5, 5.41) is 9.07. The van der Waals surface area contributed by atoms with E-state index in [1.807, 2.05) is 6.92 Å². The number of nitrogens with two attached hydrogens (primary N) is 1. The first-order valence-electron chi connectivity index (χ1n) is 4.04. The lowest BCUT2D eigenvalue weighted by atomic mass is 9.83. The molecular formula is C8H19NO2. The van der Waals surface area contributed by atoms with E-state index in [1.54, 1.807) is 7.11 Å². The molecule has 0 saturated heterocycles. The fourth-order valence-electron chi connectivity index (χ4n) is 0.997. The summed E-state index contributed by atoms with van der Waals surface area (Å²) in [6, 6.07) is 0. The van der Waals surface area contributed by atoms with Gasteiger partial charge >= 0.3 is 0 Å². The van der Waals surface area contributed by atoms with Gasteiger partial charge in [0.2, 0.25) is 0 Å². The summed E-state index contributed by atoms with van der Waals surface area (Å²) in [6.07, 6.45) is 1.75. The molecule has 0 radical (unpaired) electrons. The summed E-state index contributed by atoms with van der Waals surface area (Å²) >= 11 is 0. The van der Waals surface area contributed by atoms with Crippen molar-refractivity contribution in [2.75, 3.05) is 26.9 Å². The van der Waals surface area contributed by atoms with E-state index in [-0.39, 0.29) is 12.0 Å². The van der Waals surface area contributed by atoms with Crippen molar-refractivity contribution in [1.29, 1.82) is 0 Å². The van der Waals surface area contributed by atoms with Gasteiger partial charge in [-0.2, -0.15) is 0 Å². The predicted molar refractivity (Wildman–Crippen MR) is 45.4 cm³/mol. The molecule has 0 aliphatic heterocycles. The van der Waals surface area contributed by atoms with Gasteiger partial charge in [-0.3, -0.25) is 0 Å². The van der Waals surface area contributed by atoms with Crippen molar-refractivity contribution in [2.24, 2.45) is 11.1 Å². The molecule has 0 heterocycles. The highest BCUT2D eigenvalue weighted by Crippen LogP contribution is 2.23. The Hall–Kier alpha value is -0.120. The molecule has 3 heteroatoms. The van der Waals surface area contributed by atoms with E-state index in [2.05, 4.69) is 0 Å². The molecule has 0 aromatic carbocycles. The van der Waals surface area contributed by atoms with Gasteiger partial charge in [0, 0.05) is 32.3 Å². The van der Waals surface area contributed by atoms with Crippen LogP contribution in [0, 0.1) is 5.41 Å². The van der Waals surface area contributed by atoms with E-state index in [0.717, 1.165) is 12.8 Å². The number of methoxy groups -OCH3 is 1. The minimum Gasteiger partial charge on any atom is -0.396 e. The van der Waals surface area contributed by atoms with Crippen LogP contribution in [0.4, 0.5) is 0 Å². The molecule has 0 amide bonds. The highest BCUT2D eigenvalue weighted by atomic mass is 16.5. The Morgan fingerprint density at radius 3 is 2.45 bits per heavy atom. The molecule has 3 N–H and O–H groups in total. The number of aliphatic hydroxyl groups is 1. The Morgan fingerprint density at radius 1 is 1.55 bits per heavy atom. The van der Waals surface area contributed by atoms with Crippen LogP contribution in [0.1, 0.15) is 19.8 Å². The van der Waals surface area contributed by atoms with Crippen LogP contribution in [-0.2, 0) is 4.74 Å². The van der Waals surface area contributed by atoms with Crippen LogP contribution in [0.3, 0.4) is 0 Å². The fourth-order valence-corrected chi connectivity index (χ4v) is 0.997. The zero-order chi connectivity index (χ0) is 8.74. The SMILES string of the molecule is CCC(CN)(CO)CCOC. The molecule has 68 valence electrons. The van der Waals surface area contributed by atoms with Crippen molar-refractivity contribution in [2.45, 2.75) is 19.8 Å². The topological polar surface area (TPSA) is 55.5 Å². The van der Waals surface area contributed by atoms with Gasteiger partial charge in [0.1, 0.15) is 0 Å². The van der Waals surface area contributed by atoms with E-state index in [1.165, 1.54) is 0 Å². The largest absolute Gasteiger partial charge is 0.396 e. The van der Waals surface area contributed by atoms with Gasteiger partial charge in [0.25, 0.3) is 0 Å². The van der Waals surface area contributed by atoms with Crippen molar-refractivity contribution >= 4 is 0 Å². The predicted octanol–water partition coefficient (Wildman–Crippen LogP) is 0.370. The number of hydrogen-bond acceptors (Lipinski definition) is 3. The highest BCUT2D eigenvalue weighted by molar-refractivity contribution is 4.77. The molecule has 0 aliphatic rings. The molecule has 0 aromatic heterocycles. The van der Waals surface area contributed by atoms with Crippen molar-refractivity contribution < 1.29 is 9.84 Å². The first kappa shape index (κ1) is 10.9. The van der Waals surface area contributed by atoms with Crippen LogP contribution < -0.4 is 5.73 Å². The molecule has 0 rings (SSSR count). The second-order valence-corrected chi connectivity index (χ2v) is 2.96. The average Bonchev–Trinajstić information content (AvgIpc) is 2.08. The molecule has 1 atom stereocenters. The van der Waals surface area contributed by atoms with E-state index < -0.39 is 0 Å². The summed E-state index contributed by atoms with van der Waals surface area (Å²) in [6.45, 7) is 3.40. The molecule has 0 saturated carbocycles. The number of aliphatic hydroxyl groups excluding tert-OH is 1. The first-order valence-corrected chi connectivity index (χ1v) is 4.04. The minimum absolute atomic E-state index is 0.115. The van der Waals surface area contributed by atoms with E-state index in [9.17, 15) is 0 Å². The van der Waals surface area contributed by atoms with Crippen molar-refractivity contribution in [1.82, 2.24) is 0 Å². The molecule has 0 aliphatic carbocycles. The van der Waals surface area contributed by atoms with Crippen LogP contribution in [-0.4, -0.2) is 32.0 Å². The molecule has 0 bridgehead atoms. The van der Waals surface area contributed by atoms with Gasteiger partial charge in [-0.1, -0.05) is 6.92 Å². The third-order valence-corrected chi connectivity index (χ3v) is 2.35. The molecule has 1 unspecified atom stereocenters. The normalized spacial score (nSPS) is 16.4. The number of ether oxygens (including phenoxy) is 1. The Balaban J connectivity index is 3.84. The third kappa shape index (κ3) is 3.18. The quantitative estimate of drug-likeness (QED) is 0.592. The lowest BCUT2D eigenvalue weighted by Crippen LogP contribution is -2.34. The zero-order valence-electron chi connectivity index (χ0n) is 7.47. The average molecular weight is 161 g/mol. The first-order chi connectivity index (χ1) is 5.24. The smallest absolute Gasteiger partial charge is 0.0500 e. The lowest BCUT2D eigenvalue weighted by molar-refractivity contribution is 0.0781. The highest BCUT2D eigenvalue weighted by Gasteiger charge is 2.24. The van der Waals surface area contributed by atoms with Crippen LogP contribution >= 0.6 is 0 Å². The number of hydrogen-bond donors (Lipinski definition) is 2. The van der Waals surface area contributed by atoms with Gasteiger partial charge in [-0.15, -0.1) is 0 Å². The summed E-state index contributed by atoms with van der Waals surface area (Å²) in [5.41, 5.74) is 5.44. The van der Waals surface area contributed by atoms with Crippen molar-refractivity contribution in [3.05, 3.63) is 0 Å². The summed E-state index contributed by atoms with van der Waals surface area (Å²) < 4.78 is 4.94. The number of rotatable bonds is 6. The third-order valence-electron chi connectivity index (χ3n) is 2.35. The van der Waals surface area contributed by atoms with Gasteiger partial charge < -0.3 is 15.6 Å². The Labute approximate surface area is 68.5 Å². The van der Waals surface area contributed by atoms with Crippen LogP contribution in [0.2, 0.25) is 0 Å². The van der Waals surface area contributed by atoms with Crippen molar-refractivity contribution in [3.8, 4) is 0 Å². The Bertz CT molecular complexity index is 83.8. The van der Waals surface area contributed by atoms with Gasteiger partial charge in [-0.25, -0.2) is 0 Å². The van der Waals surface area contributed by atoms with E-state index >= 15 is 0 Å². The van der Waals surface area contributed by atoms with Gasteiger partial charge in [0.15, 0.2) is 0 Å². The fraction of sp³-hybridized carbons (Fsp3) is 1.00. The molecule has 3 nitrogen and oxygen atoms in total. The summed E-state index contributed by atoms with van der Waals surface area (Å²) in [7, 11) is 1.66. The van der Waals surface area contributed by atoms with Crippen LogP contribution in [0.15, 0.2) is 0 Å². The van der Waals surface area contributed by atoms with Crippen molar-refractivity contribution in [3.63, 3.8) is 0 Å². The lowest BCUT2D eigenvalue weighted by Gasteiger charge is -2.28. The maximum absolute atomic E-state index is 9.07.